The smallest absolute Gasteiger partial charge is 0.178 e. The zero-order valence-corrected chi connectivity index (χ0v) is 12.5. The van der Waals surface area contributed by atoms with E-state index in [1.165, 1.54) is 0 Å². The summed E-state index contributed by atoms with van der Waals surface area (Å²) in [5.41, 5.74) is 2.07. The molecule has 0 radical (unpaired) electrons. The van der Waals surface area contributed by atoms with Gasteiger partial charge in [0.15, 0.2) is 4.77 Å². The lowest BCUT2D eigenvalue weighted by molar-refractivity contribution is 0.544. The van der Waals surface area contributed by atoms with Crippen LogP contribution >= 0.6 is 34.8 Å². The molecule has 3 rings (SSSR count). The molecule has 0 amide bonds. The van der Waals surface area contributed by atoms with Gasteiger partial charge >= 0.3 is 0 Å². The Morgan fingerprint density at radius 2 is 2.18 bits per heavy atom. The molecule has 1 heterocycles. The van der Waals surface area contributed by atoms with Crippen LogP contribution < -0.4 is 0 Å². The van der Waals surface area contributed by atoms with Crippen molar-refractivity contribution in [2.75, 3.05) is 0 Å². The van der Waals surface area contributed by atoms with Gasteiger partial charge in [-0.3, -0.25) is 0 Å². The number of benzene rings is 1. The van der Waals surface area contributed by atoms with Crippen molar-refractivity contribution < 1.29 is 4.39 Å². The highest BCUT2D eigenvalue weighted by atomic mass is 127. The molecule has 1 fully saturated rings. The molecular weight excluding hydrogens is 350 g/mol. The number of nitrogens with zero attached hydrogens (tertiary/aromatic N) is 1. The summed E-state index contributed by atoms with van der Waals surface area (Å²) in [6.45, 7) is 4.42. The van der Waals surface area contributed by atoms with Gasteiger partial charge in [0, 0.05) is 12.1 Å². The van der Waals surface area contributed by atoms with Crippen molar-refractivity contribution in [1.29, 1.82) is 0 Å². The van der Waals surface area contributed by atoms with E-state index in [4.69, 9.17) is 12.2 Å². The standard InChI is InChI=1S/C12H12FIN2S/c1-12(2)5-10(12)16-9-3-6(13)7(14)4-8(9)15-11(16)17/h3-4,10H,5H2,1-2H3,(H,15,17). The summed E-state index contributed by atoms with van der Waals surface area (Å²) < 4.78 is 17.0. The molecule has 1 atom stereocenters. The van der Waals surface area contributed by atoms with Gasteiger partial charge in [0.05, 0.1) is 14.6 Å². The molecule has 1 saturated carbocycles. The molecule has 1 aromatic carbocycles. The summed E-state index contributed by atoms with van der Waals surface area (Å²) in [6, 6.07) is 3.79. The number of nitrogens with one attached hydrogen (secondary N) is 1. The molecular formula is C12H12FIN2S. The molecule has 1 aliphatic rings. The lowest BCUT2D eigenvalue weighted by Gasteiger charge is -2.06. The number of imidazole rings is 1. The number of aromatic nitrogens is 2. The molecule has 90 valence electrons. The molecule has 1 N–H and O–H groups in total. The molecule has 0 saturated heterocycles. The van der Waals surface area contributed by atoms with Crippen molar-refractivity contribution in [3.8, 4) is 0 Å². The van der Waals surface area contributed by atoms with Gasteiger partial charge in [-0.15, -0.1) is 0 Å². The van der Waals surface area contributed by atoms with E-state index in [9.17, 15) is 4.39 Å². The quantitative estimate of drug-likeness (QED) is 0.589. The molecule has 2 nitrogen and oxygen atoms in total. The van der Waals surface area contributed by atoms with Crippen LogP contribution in [0.3, 0.4) is 0 Å². The first kappa shape index (κ1) is 11.6. The van der Waals surface area contributed by atoms with Crippen LogP contribution in [0, 0.1) is 19.6 Å². The van der Waals surface area contributed by atoms with E-state index in [0.29, 0.717) is 14.4 Å². The van der Waals surface area contributed by atoms with Crippen molar-refractivity contribution in [1.82, 2.24) is 9.55 Å². The normalized spacial score (nSPS) is 22.0. The van der Waals surface area contributed by atoms with Gasteiger partial charge in [0.1, 0.15) is 5.82 Å². The maximum Gasteiger partial charge on any atom is 0.178 e. The first-order valence-electron chi connectivity index (χ1n) is 5.49. The third kappa shape index (κ3) is 1.74. The highest BCUT2D eigenvalue weighted by molar-refractivity contribution is 14.1. The van der Waals surface area contributed by atoms with Crippen molar-refractivity contribution in [2.45, 2.75) is 26.3 Å². The minimum Gasteiger partial charge on any atom is -0.331 e. The molecule has 2 aromatic rings. The van der Waals surface area contributed by atoms with Gasteiger partial charge < -0.3 is 9.55 Å². The zero-order valence-electron chi connectivity index (χ0n) is 9.55. The van der Waals surface area contributed by atoms with Crippen LogP contribution in [-0.2, 0) is 0 Å². The number of H-pyrrole nitrogens is 1. The number of rotatable bonds is 1. The van der Waals surface area contributed by atoms with Crippen molar-refractivity contribution in [2.24, 2.45) is 5.41 Å². The molecule has 1 aliphatic carbocycles. The van der Waals surface area contributed by atoms with Crippen molar-refractivity contribution >= 4 is 45.8 Å². The van der Waals surface area contributed by atoms with E-state index < -0.39 is 0 Å². The van der Waals surface area contributed by atoms with Crippen LogP contribution in [-0.4, -0.2) is 9.55 Å². The van der Waals surface area contributed by atoms with Crippen LogP contribution in [0.1, 0.15) is 26.3 Å². The third-order valence-corrected chi connectivity index (χ3v) is 4.66. The average Bonchev–Trinajstić information content (AvgIpc) is 2.70. The van der Waals surface area contributed by atoms with Gasteiger partial charge in [-0.2, -0.15) is 0 Å². The lowest BCUT2D eigenvalue weighted by Crippen LogP contribution is -2.00. The second-order valence-corrected chi connectivity index (χ2v) is 6.84. The molecule has 17 heavy (non-hydrogen) atoms. The number of fused-ring (bicyclic) bond motifs is 1. The summed E-state index contributed by atoms with van der Waals surface area (Å²) in [5, 5.41) is 0. The summed E-state index contributed by atoms with van der Waals surface area (Å²) >= 11 is 7.34. The largest absolute Gasteiger partial charge is 0.331 e. The first-order chi connectivity index (χ1) is 7.90. The Labute approximate surface area is 117 Å². The van der Waals surface area contributed by atoms with E-state index in [1.807, 2.05) is 28.7 Å². The van der Waals surface area contributed by atoms with E-state index in [1.54, 1.807) is 6.07 Å². The summed E-state index contributed by atoms with van der Waals surface area (Å²) in [7, 11) is 0. The van der Waals surface area contributed by atoms with Crippen LogP contribution in [0.4, 0.5) is 4.39 Å². The van der Waals surface area contributed by atoms with Gasteiger partial charge in [-0.05, 0) is 52.7 Å². The Balaban J connectivity index is 2.28. The number of aromatic amines is 1. The van der Waals surface area contributed by atoms with Gasteiger partial charge in [0.2, 0.25) is 0 Å². The summed E-state index contributed by atoms with van der Waals surface area (Å²) in [6.07, 6.45) is 1.10. The van der Waals surface area contributed by atoms with Gasteiger partial charge in [0.25, 0.3) is 0 Å². The number of halogens is 2. The lowest BCUT2D eigenvalue weighted by atomic mass is 10.2. The first-order valence-corrected chi connectivity index (χ1v) is 6.98. The minimum atomic E-state index is -0.181. The van der Waals surface area contributed by atoms with Crippen LogP contribution in [0.2, 0.25) is 0 Å². The van der Waals surface area contributed by atoms with Crippen LogP contribution in [0.5, 0.6) is 0 Å². The van der Waals surface area contributed by atoms with E-state index in [2.05, 4.69) is 23.4 Å². The fourth-order valence-corrected chi connectivity index (χ4v) is 3.11. The molecule has 1 aromatic heterocycles. The van der Waals surface area contributed by atoms with Gasteiger partial charge in [-0.25, -0.2) is 4.39 Å². The molecule has 0 bridgehead atoms. The van der Waals surface area contributed by atoms with Gasteiger partial charge in [-0.1, -0.05) is 13.8 Å². The minimum absolute atomic E-state index is 0.181. The summed E-state index contributed by atoms with van der Waals surface area (Å²) in [5.74, 6) is -0.181. The Morgan fingerprint density at radius 1 is 1.53 bits per heavy atom. The van der Waals surface area contributed by atoms with E-state index in [-0.39, 0.29) is 11.2 Å². The topological polar surface area (TPSA) is 20.7 Å². The zero-order chi connectivity index (χ0) is 12.4. The Bertz CT molecular complexity index is 671. The van der Waals surface area contributed by atoms with Crippen molar-refractivity contribution in [3.63, 3.8) is 0 Å². The Kier molecular flexibility index (Phi) is 2.42. The highest BCUT2D eigenvalue weighted by Crippen LogP contribution is 2.56. The predicted molar refractivity (Wildman–Crippen MR) is 77.2 cm³/mol. The molecule has 0 spiro atoms. The monoisotopic (exact) mass is 362 g/mol. The molecule has 1 unspecified atom stereocenters. The number of hydrogen-bond acceptors (Lipinski definition) is 1. The predicted octanol–water partition coefficient (Wildman–Crippen LogP) is 4.41. The second kappa shape index (κ2) is 3.54. The maximum absolute atomic E-state index is 13.6. The number of hydrogen-bond donors (Lipinski definition) is 1. The fraction of sp³-hybridized carbons (Fsp3) is 0.417. The fourth-order valence-electron chi connectivity index (χ4n) is 2.31. The van der Waals surface area contributed by atoms with E-state index >= 15 is 0 Å². The van der Waals surface area contributed by atoms with Crippen LogP contribution in [0.25, 0.3) is 11.0 Å². The Morgan fingerprint density at radius 3 is 2.76 bits per heavy atom. The highest BCUT2D eigenvalue weighted by Gasteiger charge is 2.47. The summed E-state index contributed by atoms with van der Waals surface area (Å²) in [4.78, 5) is 3.16. The third-order valence-electron chi connectivity index (χ3n) is 3.53. The average molecular weight is 362 g/mol. The Hall–Kier alpha value is -0.430. The molecule has 5 heteroatoms. The second-order valence-electron chi connectivity index (χ2n) is 5.29. The van der Waals surface area contributed by atoms with Crippen molar-refractivity contribution in [3.05, 3.63) is 26.3 Å². The SMILES string of the molecule is CC1(C)CC1n1c(=S)[nH]c2cc(I)c(F)cc21. The molecule has 0 aliphatic heterocycles. The van der Waals surface area contributed by atoms with Crippen LogP contribution in [0.15, 0.2) is 12.1 Å². The maximum atomic E-state index is 13.6. The van der Waals surface area contributed by atoms with E-state index in [0.717, 1.165) is 17.5 Å².